The molecule has 4 aliphatic heterocycles. The number of anilines is 3. The monoisotopic (exact) mass is 1140 g/mol. The molecule has 6 heterocycles. The Hall–Kier alpha value is -6.54. The minimum atomic E-state index is -0.951. The molecule has 0 aliphatic carbocycles. The van der Waals surface area contributed by atoms with Gasteiger partial charge in [0.1, 0.15) is 18.3 Å². The Labute approximate surface area is 477 Å². The van der Waals surface area contributed by atoms with Crippen molar-refractivity contribution in [3.63, 3.8) is 0 Å². The summed E-state index contributed by atoms with van der Waals surface area (Å²) in [5, 5.41) is 19.4. The second-order valence-electron chi connectivity index (χ2n) is 22.0. The van der Waals surface area contributed by atoms with Crippen LogP contribution in [0, 0.1) is 18.3 Å². The lowest BCUT2D eigenvalue weighted by Crippen LogP contribution is -2.57. The van der Waals surface area contributed by atoms with Crippen LogP contribution < -0.4 is 31.5 Å². The lowest BCUT2D eigenvalue weighted by Gasteiger charge is -2.36. The number of nitrogens with zero attached hydrogens (tertiary/aromatic N) is 7. The minimum absolute atomic E-state index is 0.00180. The number of aliphatic hydroxyl groups is 1. The molecule has 3 atom stereocenters. The van der Waals surface area contributed by atoms with Gasteiger partial charge in [0, 0.05) is 90.8 Å². The number of piperazine rings is 1. The number of aryl methyl sites for hydroxylation is 1. The van der Waals surface area contributed by atoms with E-state index in [4.69, 9.17) is 29.1 Å². The highest BCUT2D eigenvalue weighted by molar-refractivity contribution is 7.13. The highest BCUT2D eigenvalue weighted by Gasteiger charge is 2.44. The summed E-state index contributed by atoms with van der Waals surface area (Å²) in [6.07, 6.45) is 2.07. The van der Waals surface area contributed by atoms with Crippen molar-refractivity contribution in [3.05, 3.63) is 76.8 Å². The lowest BCUT2D eigenvalue weighted by molar-refractivity contribution is -0.144. The first-order valence-corrected chi connectivity index (χ1v) is 28.9. The van der Waals surface area contributed by atoms with Crippen molar-refractivity contribution in [2.75, 3.05) is 127 Å². The highest BCUT2D eigenvalue weighted by atomic mass is 32.1. The van der Waals surface area contributed by atoms with Crippen molar-refractivity contribution < 1.29 is 57.2 Å². The Morgan fingerprint density at radius 1 is 0.840 bits per heavy atom. The third kappa shape index (κ3) is 17.0. The molecule has 4 fully saturated rings. The summed E-state index contributed by atoms with van der Waals surface area (Å²) >= 11 is 1.57. The van der Waals surface area contributed by atoms with E-state index in [-0.39, 0.29) is 99.9 Å². The Morgan fingerprint density at radius 3 is 2.16 bits per heavy atom. The number of primary amides is 1. The molecule has 2 aromatic carbocycles. The molecule has 440 valence electrons. The van der Waals surface area contributed by atoms with Crippen molar-refractivity contribution in [3.8, 4) is 10.4 Å². The van der Waals surface area contributed by atoms with Crippen molar-refractivity contribution in [1.29, 1.82) is 0 Å². The van der Waals surface area contributed by atoms with Gasteiger partial charge in [0.2, 0.25) is 29.5 Å². The number of nitrogens with one attached hydrogen (secondary N) is 3. The number of rotatable bonds is 25. The molecule has 24 heteroatoms. The van der Waals surface area contributed by atoms with Crippen LogP contribution in [0.15, 0.2) is 58.7 Å². The van der Waals surface area contributed by atoms with Crippen molar-refractivity contribution in [2.24, 2.45) is 17.1 Å². The average molecular weight is 1140 g/mol. The van der Waals surface area contributed by atoms with Gasteiger partial charge in [0.05, 0.1) is 92.8 Å². The number of carbonyl (C=O) groups excluding carboxylic acids is 6. The number of oxazole rings is 1. The fourth-order valence-electron chi connectivity index (χ4n) is 10.4. The normalized spacial score (nSPS) is 18.7. The molecule has 2 aromatic heterocycles. The van der Waals surface area contributed by atoms with Crippen LogP contribution >= 0.6 is 11.3 Å². The largest absolute Gasteiger partial charge is 0.431 e. The van der Waals surface area contributed by atoms with Crippen LogP contribution in [0.3, 0.4) is 0 Å². The number of aromatic nitrogens is 2. The first-order chi connectivity index (χ1) is 39.0. The maximum atomic E-state index is 14.0. The molecule has 6 amide bonds. The van der Waals surface area contributed by atoms with Gasteiger partial charge < -0.3 is 69.8 Å². The summed E-state index contributed by atoms with van der Waals surface area (Å²) < 4.78 is 28.0. The van der Waals surface area contributed by atoms with Gasteiger partial charge in [-0.15, -0.1) is 11.3 Å². The Kier molecular flexibility index (Phi) is 21.6. The van der Waals surface area contributed by atoms with Crippen molar-refractivity contribution >= 4 is 64.2 Å². The summed E-state index contributed by atoms with van der Waals surface area (Å²) in [6, 6.07) is 12.4. The van der Waals surface area contributed by atoms with Crippen LogP contribution in [0.5, 0.6) is 0 Å². The maximum absolute atomic E-state index is 14.0. The molecule has 4 aliphatic rings. The fourth-order valence-corrected chi connectivity index (χ4v) is 11.2. The highest BCUT2D eigenvalue weighted by Crippen LogP contribution is 2.33. The molecule has 0 unspecified atom stereocenters. The molecule has 0 radical (unpaired) electrons. The topological polar surface area (TPSA) is 277 Å². The van der Waals surface area contributed by atoms with Gasteiger partial charge in [0.15, 0.2) is 5.69 Å². The molecule has 4 saturated heterocycles. The molecule has 4 aromatic rings. The lowest BCUT2D eigenvalue weighted by atomic mass is 9.85. The van der Waals surface area contributed by atoms with Gasteiger partial charge in [-0.25, -0.2) is 4.98 Å². The van der Waals surface area contributed by atoms with Crippen LogP contribution in [0.25, 0.3) is 10.4 Å². The number of amides is 6. The van der Waals surface area contributed by atoms with E-state index in [2.05, 4.69) is 41.8 Å². The van der Waals surface area contributed by atoms with Crippen LogP contribution in [0.2, 0.25) is 0 Å². The number of thiazole rings is 1. The molecule has 0 saturated carbocycles. The van der Waals surface area contributed by atoms with Crippen LogP contribution in [-0.4, -0.2) is 195 Å². The van der Waals surface area contributed by atoms with Gasteiger partial charge in [-0.2, -0.15) is 4.98 Å². The van der Waals surface area contributed by atoms with Gasteiger partial charge in [-0.1, -0.05) is 51.1 Å². The number of morpholine rings is 1. The van der Waals surface area contributed by atoms with E-state index in [1.807, 2.05) is 79.4 Å². The smallest absolute Gasteiger partial charge is 0.298 e. The first-order valence-electron chi connectivity index (χ1n) is 28.1. The number of hydrogen-bond donors (Lipinski definition) is 5. The zero-order chi connectivity index (χ0) is 57.5. The second kappa shape index (κ2) is 28.9. The van der Waals surface area contributed by atoms with Gasteiger partial charge >= 0.3 is 0 Å². The third-order valence-corrected chi connectivity index (χ3v) is 16.1. The number of nitrogens with two attached hydrogens (primary N) is 1. The van der Waals surface area contributed by atoms with E-state index in [9.17, 15) is 33.9 Å². The summed E-state index contributed by atoms with van der Waals surface area (Å²) in [5.74, 6) is -2.04. The van der Waals surface area contributed by atoms with Crippen LogP contribution in [0.1, 0.15) is 80.2 Å². The number of hydrogen-bond acceptors (Lipinski definition) is 18. The van der Waals surface area contributed by atoms with Gasteiger partial charge in [-0.3, -0.25) is 33.7 Å². The summed E-state index contributed by atoms with van der Waals surface area (Å²) in [6.45, 7) is 16.0. The number of β-amino-alcohol motifs (C(OH)–C–C–N with tert-alkyl or cyclic N) is 1. The zero-order valence-electron chi connectivity index (χ0n) is 47.0. The van der Waals surface area contributed by atoms with Gasteiger partial charge in [-0.05, 0) is 54.0 Å². The molecule has 6 N–H and O–H groups in total. The number of piperidine rings is 1. The number of carbonyl (C=O) groups is 6. The zero-order valence-corrected chi connectivity index (χ0v) is 47.8. The van der Waals surface area contributed by atoms with E-state index in [0.29, 0.717) is 110 Å². The summed E-state index contributed by atoms with van der Waals surface area (Å²) in [5.41, 5.74) is 12.4. The number of ether oxygens (including phenoxy) is 4. The Balaban J connectivity index is 0.686. The predicted molar refractivity (Wildman–Crippen MR) is 303 cm³/mol. The third-order valence-electron chi connectivity index (χ3n) is 15.1. The van der Waals surface area contributed by atoms with E-state index in [1.54, 1.807) is 11.3 Å². The molecule has 8 rings (SSSR count). The van der Waals surface area contributed by atoms with E-state index < -0.39 is 29.5 Å². The number of aliphatic hydroxyl groups excluding tert-OH is 1. The molecule has 0 bridgehead atoms. The van der Waals surface area contributed by atoms with Crippen LogP contribution in [-0.2, 0) is 56.0 Å². The minimum Gasteiger partial charge on any atom is -0.431 e. The summed E-state index contributed by atoms with van der Waals surface area (Å²) in [4.78, 5) is 98.6. The maximum Gasteiger partial charge on any atom is 0.298 e. The van der Waals surface area contributed by atoms with E-state index in [0.717, 1.165) is 32.9 Å². The first kappa shape index (κ1) is 60.6. The summed E-state index contributed by atoms with van der Waals surface area (Å²) in [7, 11) is 0. The van der Waals surface area contributed by atoms with Gasteiger partial charge in [0.25, 0.3) is 11.9 Å². The quantitative estimate of drug-likeness (QED) is 0.0596. The Morgan fingerprint density at radius 2 is 1.51 bits per heavy atom. The molecular formula is C57H79N11O12S. The Bertz CT molecular complexity index is 2750. The fraction of sp³-hybridized carbons (Fsp3) is 0.579. The van der Waals surface area contributed by atoms with Crippen LogP contribution in [0.4, 0.5) is 17.4 Å². The standard InChI is InChI=1S/C57H79N11O12S/c1-38-50(81-37-60-38)41-8-5-39(6-9-41)33-59-54(74)47-32-43(69)35-68(47)55(75)51(57(2,3)4)63-48(70)13-23-76-27-29-79-30-28-77-24-14-49(71)66-19-17-64(18-20-66)34-40-7-10-44(46(31-40)65-15-11-42(12-16-65)52(58)72)61-53(73)45-36-80-56(62-45)67-21-25-78-26-22-67/h5-10,31,36-37,42-43,47,51,69H,11-30,32-35H2,1-4H3,(H2,58,72)(H,59,74)(H,61,73)(H,63,70)/t43-,47+,51-/m1/s1. The molecular weight excluding hydrogens is 1060 g/mol. The molecule has 81 heavy (non-hydrogen) atoms. The SMILES string of the molecule is Cc1ncsc1-c1ccc(CNC(=O)[C@@H]2C[C@@H](O)CN2C(=O)[C@@H](NC(=O)CCOCCOCCOCCC(=O)N2CCN(Cc3ccc(NC(=O)c4coc(N5CCOCC5)n4)c(N4CCC(C(N)=O)CC4)c3)CC2)C(C)(C)C)cc1. The number of likely N-dealkylation sites (tertiary alicyclic amines) is 1. The van der Waals surface area contributed by atoms with Crippen molar-refractivity contribution in [1.82, 2.24) is 35.3 Å². The van der Waals surface area contributed by atoms with E-state index >= 15 is 0 Å². The number of benzene rings is 2. The predicted octanol–water partition coefficient (Wildman–Crippen LogP) is 3.18. The van der Waals surface area contributed by atoms with E-state index in [1.165, 1.54) is 11.2 Å². The van der Waals surface area contributed by atoms with Crippen molar-refractivity contribution in [2.45, 2.75) is 91.1 Å². The average Bonchev–Trinajstić information content (AvgIpc) is 4.30. The second-order valence-corrected chi connectivity index (χ2v) is 22.9. The molecule has 23 nitrogen and oxygen atoms in total. The molecule has 0 spiro atoms.